The van der Waals surface area contributed by atoms with Crippen LogP contribution in [0.3, 0.4) is 0 Å². The highest BCUT2D eigenvalue weighted by molar-refractivity contribution is 5.80. The van der Waals surface area contributed by atoms with Crippen molar-refractivity contribution in [2.45, 2.75) is 12.6 Å². The number of carbonyl (C=O) groups excluding carboxylic acids is 1. The van der Waals surface area contributed by atoms with Gasteiger partial charge in [-0.2, -0.15) is 0 Å². The topological polar surface area (TPSA) is 47.6 Å². The molecule has 5 nitrogen and oxygen atoms in total. The van der Waals surface area contributed by atoms with Crippen LogP contribution < -0.4 is 15.5 Å². The molecule has 2 aliphatic heterocycles. The predicted octanol–water partition coefficient (Wildman–Crippen LogP) is 1.77. The average Bonchev–Trinajstić information content (AvgIpc) is 3.14. The van der Waals surface area contributed by atoms with Crippen LogP contribution in [0.2, 0.25) is 0 Å². The van der Waals surface area contributed by atoms with E-state index in [0.717, 1.165) is 44.7 Å². The molecular weight excluding hydrogens is 324 g/mol. The van der Waals surface area contributed by atoms with E-state index in [1.807, 2.05) is 0 Å². The molecule has 1 unspecified atom stereocenters. The van der Waals surface area contributed by atoms with Crippen molar-refractivity contribution < 1.29 is 4.79 Å². The van der Waals surface area contributed by atoms with Crippen molar-refractivity contribution in [3.8, 4) is 0 Å². The van der Waals surface area contributed by atoms with Gasteiger partial charge in [0.15, 0.2) is 0 Å². The van der Waals surface area contributed by atoms with Gasteiger partial charge < -0.3 is 10.2 Å². The molecule has 2 N–H and O–H groups in total. The van der Waals surface area contributed by atoms with E-state index in [1.54, 1.807) is 0 Å². The van der Waals surface area contributed by atoms with Gasteiger partial charge in [0.25, 0.3) is 0 Å². The summed E-state index contributed by atoms with van der Waals surface area (Å²) in [5.41, 5.74) is 3.80. The first-order valence-electron chi connectivity index (χ1n) is 9.42. The normalized spacial score (nSPS) is 21.0. The van der Waals surface area contributed by atoms with Gasteiger partial charge in [0.05, 0.1) is 6.54 Å². The van der Waals surface area contributed by atoms with E-state index in [-0.39, 0.29) is 12.1 Å². The summed E-state index contributed by atoms with van der Waals surface area (Å²) in [4.78, 5) is 16.3. The first-order valence-corrected chi connectivity index (χ1v) is 9.42. The third-order valence-corrected chi connectivity index (χ3v) is 5.30. The molecule has 2 aromatic carbocycles. The van der Waals surface area contributed by atoms with Gasteiger partial charge in [-0.1, -0.05) is 42.5 Å². The summed E-state index contributed by atoms with van der Waals surface area (Å²) in [6.07, 6.45) is 1.03. The number of para-hydroxylation sites is 1. The Morgan fingerprint density at radius 1 is 0.923 bits per heavy atom. The van der Waals surface area contributed by atoms with Crippen LogP contribution in [-0.2, 0) is 11.2 Å². The summed E-state index contributed by atoms with van der Waals surface area (Å²) >= 11 is 0. The van der Waals surface area contributed by atoms with Crippen molar-refractivity contribution in [3.63, 3.8) is 0 Å². The quantitative estimate of drug-likeness (QED) is 0.863. The smallest absolute Gasteiger partial charge is 0.235 e. The van der Waals surface area contributed by atoms with Gasteiger partial charge >= 0.3 is 0 Å². The monoisotopic (exact) mass is 350 g/mol. The molecule has 136 valence electrons. The maximum Gasteiger partial charge on any atom is 0.235 e. The lowest BCUT2D eigenvalue weighted by molar-refractivity contribution is -0.118. The second-order valence-corrected chi connectivity index (χ2v) is 7.04. The summed E-state index contributed by atoms with van der Waals surface area (Å²) < 4.78 is 0. The van der Waals surface area contributed by atoms with E-state index in [0.29, 0.717) is 6.54 Å². The number of hydrogen-bond acceptors (Lipinski definition) is 4. The number of benzene rings is 2. The highest BCUT2D eigenvalue weighted by Crippen LogP contribution is 2.17. The standard InChI is InChI=1S/C21H26N4O/c26-20-16-22-21(23-20)18-8-6-17(7-9-18)10-11-24-12-14-25(15-13-24)19-4-2-1-3-5-19/h1-9,21-22H,10-16H2,(H,23,26). The second-order valence-electron chi connectivity index (χ2n) is 7.04. The van der Waals surface area contributed by atoms with Crippen molar-refractivity contribution in [1.82, 2.24) is 15.5 Å². The Labute approximate surface area is 155 Å². The molecule has 2 aromatic rings. The van der Waals surface area contributed by atoms with E-state index in [1.165, 1.54) is 11.3 Å². The summed E-state index contributed by atoms with van der Waals surface area (Å²) in [6.45, 7) is 5.92. The Morgan fingerprint density at radius 3 is 2.31 bits per heavy atom. The van der Waals surface area contributed by atoms with Crippen molar-refractivity contribution in [1.29, 1.82) is 0 Å². The molecule has 1 atom stereocenters. The van der Waals surface area contributed by atoms with Crippen LogP contribution >= 0.6 is 0 Å². The third kappa shape index (κ3) is 4.06. The summed E-state index contributed by atoms with van der Waals surface area (Å²) in [5.74, 6) is 0.0636. The van der Waals surface area contributed by atoms with E-state index in [2.05, 4.69) is 75.0 Å². The summed E-state index contributed by atoms with van der Waals surface area (Å²) in [6, 6.07) is 19.3. The minimum Gasteiger partial charge on any atom is -0.369 e. The molecule has 0 spiro atoms. The first kappa shape index (κ1) is 17.1. The molecule has 0 aliphatic carbocycles. The minimum absolute atomic E-state index is 0.0392. The molecule has 0 saturated carbocycles. The number of carbonyl (C=O) groups is 1. The van der Waals surface area contributed by atoms with Gasteiger partial charge in [0.1, 0.15) is 6.17 Å². The van der Waals surface area contributed by atoms with Gasteiger partial charge in [-0.25, -0.2) is 0 Å². The Hall–Kier alpha value is -2.37. The molecule has 1 amide bonds. The van der Waals surface area contributed by atoms with Gasteiger partial charge in [-0.3, -0.25) is 15.0 Å². The van der Waals surface area contributed by atoms with Gasteiger partial charge in [-0.05, 0) is 29.7 Å². The van der Waals surface area contributed by atoms with Crippen molar-refractivity contribution in [2.24, 2.45) is 0 Å². The molecule has 26 heavy (non-hydrogen) atoms. The minimum atomic E-state index is -0.0392. The fourth-order valence-electron chi connectivity index (χ4n) is 3.69. The lowest BCUT2D eigenvalue weighted by Crippen LogP contribution is -2.46. The van der Waals surface area contributed by atoms with Gasteiger partial charge in [0.2, 0.25) is 5.91 Å². The number of rotatable bonds is 5. The Bertz CT molecular complexity index is 723. The number of piperazine rings is 1. The van der Waals surface area contributed by atoms with E-state index in [9.17, 15) is 4.79 Å². The first-order chi connectivity index (χ1) is 12.8. The molecule has 4 rings (SSSR count). The number of hydrogen-bond donors (Lipinski definition) is 2. The zero-order valence-corrected chi connectivity index (χ0v) is 15.0. The number of anilines is 1. The van der Waals surface area contributed by atoms with Crippen LogP contribution in [0.1, 0.15) is 17.3 Å². The lowest BCUT2D eigenvalue weighted by Gasteiger charge is -2.36. The van der Waals surface area contributed by atoms with Crippen LogP contribution in [-0.4, -0.2) is 50.1 Å². The van der Waals surface area contributed by atoms with Crippen LogP contribution in [0.25, 0.3) is 0 Å². The fraction of sp³-hybridized carbons (Fsp3) is 0.381. The highest BCUT2D eigenvalue weighted by Gasteiger charge is 2.21. The van der Waals surface area contributed by atoms with Crippen LogP contribution in [0.4, 0.5) is 5.69 Å². The van der Waals surface area contributed by atoms with E-state index in [4.69, 9.17) is 0 Å². The van der Waals surface area contributed by atoms with Crippen LogP contribution in [0.15, 0.2) is 54.6 Å². The molecule has 2 aliphatic rings. The molecule has 0 aromatic heterocycles. The van der Waals surface area contributed by atoms with Crippen molar-refractivity contribution in [3.05, 3.63) is 65.7 Å². The zero-order chi connectivity index (χ0) is 17.8. The molecule has 0 radical (unpaired) electrons. The third-order valence-electron chi connectivity index (χ3n) is 5.30. The van der Waals surface area contributed by atoms with E-state index < -0.39 is 0 Å². The fourth-order valence-corrected chi connectivity index (χ4v) is 3.69. The zero-order valence-electron chi connectivity index (χ0n) is 15.0. The maximum absolute atomic E-state index is 11.3. The van der Waals surface area contributed by atoms with Crippen molar-refractivity contribution in [2.75, 3.05) is 44.2 Å². The van der Waals surface area contributed by atoms with Crippen molar-refractivity contribution >= 4 is 11.6 Å². The Kier molecular flexibility index (Phi) is 5.18. The van der Waals surface area contributed by atoms with Crippen LogP contribution in [0, 0.1) is 0 Å². The van der Waals surface area contributed by atoms with E-state index >= 15 is 0 Å². The van der Waals surface area contributed by atoms with Gasteiger partial charge in [-0.15, -0.1) is 0 Å². The average molecular weight is 350 g/mol. The second kappa shape index (κ2) is 7.89. The SMILES string of the molecule is O=C1CNC(c2ccc(CCN3CCN(c4ccccc4)CC3)cc2)N1. The Balaban J connectivity index is 1.24. The number of nitrogens with zero attached hydrogens (tertiary/aromatic N) is 2. The summed E-state index contributed by atoms with van der Waals surface area (Å²) in [5, 5.41) is 6.10. The highest BCUT2D eigenvalue weighted by atomic mass is 16.2. The lowest BCUT2D eigenvalue weighted by atomic mass is 10.1. The molecule has 2 fully saturated rings. The molecule has 2 heterocycles. The number of amides is 1. The molecule has 5 heteroatoms. The largest absolute Gasteiger partial charge is 0.369 e. The maximum atomic E-state index is 11.3. The molecule has 2 saturated heterocycles. The molecule has 0 bridgehead atoms. The predicted molar refractivity (Wildman–Crippen MR) is 104 cm³/mol. The van der Waals surface area contributed by atoms with Crippen LogP contribution in [0.5, 0.6) is 0 Å². The Morgan fingerprint density at radius 2 is 1.65 bits per heavy atom. The number of nitrogens with one attached hydrogen (secondary N) is 2. The summed E-state index contributed by atoms with van der Waals surface area (Å²) in [7, 11) is 0. The molecular formula is C21H26N4O. The van der Waals surface area contributed by atoms with Gasteiger partial charge in [0, 0.05) is 38.4 Å².